The average molecular weight is 233 g/mol. The van der Waals surface area contributed by atoms with E-state index < -0.39 is 0 Å². The Labute approximate surface area is 104 Å². The van der Waals surface area contributed by atoms with Crippen LogP contribution in [0.5, 0.6) is 0 Å². The van der Waals surface area contributed by atoms with E-state index in [0.29, 0.717) is 12.0 Å². The zero-order valence-corrected chi connectivity index (χ0v) is 11.3. The Hall–Kier alpha value is -1.09. The van der Waals surface area contributed by atoms with E-state index in [9.17, 15) is 0 Å². The van der Waals surface area contributed by atoms with E-state index in [4.69, 9.17) is 0 Å². The third-order valence-corrected chi connectivity index (χ3v) is 3.81. The molecular formula is C14H23N3. The second-order valence-electron chi connectivity index (χ2n) is 5.16. The molecule has 1 saturated heterocycles. The highest BCUT2D eigenvalue weighted by Crippen LogP contribution is 2.25. The van der Waals surface area contributed by atoms with Gasteiger partial charge in [-0.25, -0.2) is 0 Å². The van der Waals surface area contributed by atoms with E-state index in [1.54, 1.807) is 0 Å². The van der Waals surface area contributed by atoms with Crippen LogP contribution in [0.4, 0.5) is 5.69 Å². The van der Waals surface area contributed by atoms with Gasteiger partial charge in [0.1, 0.15) is 0 Å². The van der Waals surface area contributed by atoms with Crippen molar-refractivity contribution in [2.75, 3.05) is 25.0 Å². The van der Waals surface area contributed by atoms with Gasteiger partial charge >= 0.3 is 0 Å². The number of hydrogen-bond donors (Lipinski definition) is 1. The van der Waals surface area contributed by atoms with Crippen LogP contribution in [-0.4, -0.2) is 31.2 Å². The maximum atomic E-state index is 4.56. The van der Waals surface area contributed by atoms with Gasteiger partial charge in [-0.2, -0.15) is 0 Å². The lowest BCUT2D eigenvalue weighted by Crippen LogP contribution is -2.47. The van der Waals surface area contributed by atoms with E-state index in [1.165, 1.54) is 12.1 Å². The molecule has 0 saturated carbocycles. The quantitative estimate of drug-likeness (QED) is 0.848. The van der Waals surface area contributed by atoms with Gasteiger partial charge in [-0.15, -0.1) is 0 Å². The highest BCUT2D eigenvalue weighted by Gasteiger charge is 2.25. The van der Waals surface area contributed by atoms with E-state index in [0.717, 1.165) is 24.5 Å². The van der Waals surface area contributed by atoms with E-state index in [1.807, 2.05) is 6.92 Å². The molecule has 1 aromatic heterocycles. The first kappa shape index (κ1) is 12.4. The topological polar surface area (TPSA) is 28.2 Å². The second-order valence-corrected chi connectivity index (χ2v) is 5.16. The summed E-state index contributed by atoms with van der Waals surface area (Å²) in [7, 11) is 2.06. The fourth-order valence-electron chi connectivity index (χ4n) is 2.81. The monoisotopic (exact) mass is 233 g/mol. The lowest BCUT2D eigenvalue weighted by molar-refractivity contribution is 0.338. The highest BCUT2D eigenvalue weighted by molar-refractivity contribution is 5.51. The number of piperidine rings is 1. The first-order valence-electron chi connectivity index (χ1n) is 6.48. The van der Waals surface area contributed by atoms with Crippen LogP contribution in [0.3, 0.4) is 0 Å². The molecule has 2 unspecified atom stereocenters. The Morgan fingerprint density at radius 2 is 2.12 bits per heavy atom. The maximum absolute atomic E-state index is 4.56. The number of pyridine rings is 1. The largest absolute Gasteiger partial charge is 0.370 e. The summed E-state index contributed by atoms with van der Waals surface area (Å²) in [5, 5.41) is 3.41. The van der Waals surface area contributed by atoms with Crippen LogP contribution >= 0.6 is 0 Å². The van der Waals surface area contributed by atoms with Crippen LogP contribution in [0.15, 0.2) is 12.1 Å². The van der Waals surface area contributed by atoms with Gasteiger partial charge in [-0.05, 0) is 45.4 Å². The van der Waals surface area contributed by atoms with Crippen molar-refractivity contribution < 1.29 is 0 Å². The van der Waals surface area contributed by atoms with Crippen molar-refractivity contribution in [3.63, 3.8) is 0 Å². The summed E-state index contributed by atoms with van der Waals surface area (Å²) >= 11 is 0. The van der Waals surface area contributed by atoms with Gasteiger partial charge in [-0.3, -0.25) is 4.98 Å². The van der Waals surface area contributed by atoms with Crippen LogP contribution in [0.2, 0.25) is 0 Å². The summed E-state index contributed by atoms with van der Waals surface area (Å²) in [5.74, 6) is 0.689. The van der Waals surface area contributed by atoms with E-state index in [-0.39, 0.29) is 0 Å². The zero-order chi connectivity index (χ0) is 12.4. The van der Waals surface area contributed by atoms with E-state index in [2.05, 4.69) is 48.2 Å². The number of hydrogen-bond acceptors (Lipinski definition) is 3. The lowest BCUT2D eigenvalue weighted by Gasteiger charge is -2.38. The first-order valence-corrected chi connectivity index (χ1v) is 6.48. The molecule has 3 nitrogen and oxygen atoms in total. The maximum Gasteiger partial charge on any atom is 0.0608 e. The van der Waals surface area contributed by atoms with Crippen LogP contribution in [0.25, 0.3) is 0 Å². The average Bonchev–Trinajstić information content (AvgIpc) is 2.29. The van der Waals surface area contributed by atoms with Crippen LogP contribution in [0, 0.1) is 19.8 Å². The molecule has 0 amide bonds. The fraction of sp³-hybridized carbons (Fsp3) is 0.643. The predicted octanol–water partition coefficient (Wildman–Crippen LogP) is 2.13. The molecule has 2 atom stereocenters. The minimum absolute atomic E-state index is 0.657. The van der Waals surface area contributed by atoms with Gasteiger partial charge in [0.2, 0.25) is 0 Å². The molecule has 2 rings (SSSR count). The molecular weight excluding hydrogens is 210 g/mol. The standard InChI is InChI=1S/C14H23N3/c1-10-9-17(8-7-13(10)15-4)14-6-5-11(2)16-12(14)3/h5-6,10,13,15H,7-9H2,1-4H3. The van der Waals surface area contributed by atoms with Crippen molar-refractivity contribution in [2.24, 2.45) is 5.92 Å². The van der Waals surface area contributed by atoms with Crippen LogP contribution in [-0.2, 0) is 0 Å². The fourth-order valence-corrected chi connectivity index (χ4v) is 2.81. The van der Waals surface area contributed by atoms with Gasteiger partial charge in [0.25, 0.3) is 0 Å². The van der Waals surface area contributed by atoms with Gasteiger partial charge in [-0.1, -0.05) is 6.92 Å². The molecule has 0 bridgehead atoms. The van der Waals surface area contributed by atoms with Gasteiger partial charge in [0.05, 0.1) is 11.4 Å². The molecule has 0 aliphatic carbocycles. The number of nitrogens with zero attached hydrogens (tertiary/aromatic N) is 2. The predicted molar refractivity (Wildman–Crippen MR) is 72.6 cm³/mol. The second kappa shape index (κ2) is 5.05. The number of aryl methyl sites for hydroxylation is 2. The Bertz CT molecular complexity index is 389. The Kier molecular flexibility index (Phi) is 3.67. The molecule has 2 heterocycles. The number of aromatic nitrogens is 1. The van der Waals surface area contributed by atoms with Crippen LogP contribution < -0.4 is 10.2 Å². The summed E-state index contributed by atoms with van der Waals surface area (Å²) in [4.78, 5) is 7.03. The Balaban J connectivity index is 2.14. The molecule has 1 aliphatic rings. The molecule has 0 spiro atoms. The minimum atomic E-state index is 0.657. The van der Waals surface area contributed by atoms with Crippen molar-refractivity contribution in [3.8, 4) is 0 Å². The molecule has 1 aromatic rings. The molecule has 0 aromatic carbocycles. The van der Waals surface area contributed by atoms with Crippen molar-refractivity contribution in [1.29, 1.82) is 0 Å². The third kappa shape index (κ3) is 2.60. The summed E-state index contributed by atoms with van der Waals surface area (Å²) in [6, 6.07) is 4.98. The number of rotatable bonds is 2. The number of nitrogens with one attached hydrogen (secondary N) is 1. The summed E-state index contributed by atoms with van der Waals surface area (Å²) in [5.41, 5.74) is 3.56. The zero-order valence-electron chi connectivity index (χ0n) is 11.3. The minimum Gasteiger partial charge on any atom is -0.370 e. The van der Waals surface area contributed by atoms with Gasteiger partial charge in [0.15, 0.2) is 0 Å². The normalized spacial score (nSPS) is 25.1. The lowest BCUT2D eigenvalue weighted by atomic mass is 9.93. The molecule has 94 valence electrons. The highest BCUT2D eigenvalue weighted by atomic mass is 15.2. The number of anilines is 1. The molecule has 1 fully saturated rings. The summed E-state index contributed by atoms with van der Waals surface area (Å²) < 4.78 is 0. The van der Waals surface area contributed by atoms with Crippen molar-refractivity contribution in [3.05, 3.63) is 23.5 Å². The Morgan fingerprint density at radius 1 is 1.35 bits per heavy atom. The molecule has 1 N–H and O–H groups in total. The first-order chi connectivity index (χ1) is 8.11. The third-order valence-electron chi connectivity index (χ3n) is 3.81. The van der Waals surface area contributed by atoms with Crippen molar-refractivity contribution in [2.45, 2.75) is 33.2 Å². The summed E-state index contributed by atoms with van der Waals surface area (Å²) in [6.07, 6.45) is 1.21. The van der Waals surface area contributed by atoms with Crippen LogP contribution in [0.1, 0.15) is 24.7 Å². The molecule has 3 heteroatoms. The van der Waals surface area contributed by atoms with Gasteiger partial charge in [0, 0.05) is 24.8 Å². The molecule has 17 heavy (non-hydrogen) atoms. The van der Waals surface area contributed by atoms with Crippen molar-refractivity contribution in [1.82, 2.24) is 10.3 Å². The van der Waals surface area contributed by atoms with E-state index >= 15 is 0 Å². The summed E-state index contributed by atoms with van der Waals surface area (Å²) in [6.45, 7) is 8.73. The molecule has 0 radical (unpaired) electrons. The molecule has 1 aliphatic heterocycles. The SMILES string of the molecule is CNC1CCN(c2ccc(C)nc2C)CC1C. The van der Waals surface area contributed by atoms with Crippen molar-refractivity contribution >= 4 is 5.69 Å². The smallest absolute Gasteiger partial charge is 0.0608 e. The Morgan fingerprint density at radius 3 is 2.71 bits per heavy atom. The van der Waals surface area contributed by atoms with Gasteiger partial charge < -0.3 is 10.2 Å².